The lowest BCUT2D eigenvalue weighted by atomic mass is 9.94. The maximum atomic E-state index is 13.2. The summed E-state index contributed by atoms with van der Waals surface area (Å²) in [6.45, 7) is 5.39. The van der Waals surface area contributed by atoms with E-state index in [2.05, 4.69) is 19.2 Å². The Hall–Kier alpha value is -2.70. The van der Waals surface area contributed by atoms with E-state index in [0.717, 1.165) is 12.1 Å². The minimum Gasteiger partial charge on any atom is -0.493 e. The van der Waals surface area contributed by atoms with E-state index < -0.39 is 6.04 Å². The molecule has 0 spiro atoms. The summed E-state index contributed by atoms with van der Waals surface area (Å²) in [6, 6.07) is 4.68. The number of hydrogen-bond acceptors (Lipinski definition) is 4. The third-order valence-corrected chi connectivity index (χ3v) is 5.16. The summed E-state index contributed by atoms with van der Waals surface area (Å²) in [5.41, 5.74) is 2.07. The van der Waals surface area contributed by atoms with Crippen LogP contribution in [0.25, 0.3) is 0 Å². The van der Waals surface area contributed by atoms with Crippen molar-refractivity contribution in [3.05, 3.63) is 35.0 Å². The van der Waals surface area contributed by atoms with Crippen LogP contribution in [0.4, 0.5) is 4.79 Å². The number of methoxy groups -OCH3 is 2. The SMILES string of the molecule is COc1cccc([C@@H]2NC(=O)N(C)C3=C2C(=O)N(CCC(C)C)C3)c1OC. The summed E-state index contributed by atoms with van der Waals surface area (Å²) in [5.74, 6) is 1.55. The molecule has 0 unspecified atom stereocenters. The van der Waals surface area contributed by atoms with Gasteiger partial charge < -0.3 is 19.7 Å². The minimum absolute atomic E-state index is 0.0348. The van der Waals surface area contributed by atoms with Gasteiger partial charge in [-0.15, -0.1) is 0 Å². The van der Waals surface area contributed by atoms with Crippen LogP contribution in [0.3, 0.4) is 0 Å². The summed E-state index contributed by atoms with van der Waals surface area (Å²) >= 11 is 0. The molecule has 1 aromatic carbocycles. The van der Waals surface area contributed by atoms with Crippen LogP contribution in [0, 0.1) is 5.92 Å². The Balaban J connectivity index is 2.02. The van der Waals surface area contributed by atoms with Crippen molar-refractivity contribution in [2.24, 2.45) is 5.92 Å². The number of para-hydroxylation sites is 1. The Morgan fingerprint density at radius 1 is 1.22 bits per heavy atom. The molecule has 7 heteroatoms. The first kappa shape index (κ1) is 19.1. The predicted octanol–water partition coefficient (Wildman–Crippen LogP) is 2.54. The molecule has 146 valence electrons. The predicted molar refractivity (Wildman–Crippen MR) is 102 cm³/mol. The number of amides is 3. The lowest BCUT2D eigenvalue weighted by Crippen LogP contribution is -2.45. The van der Waals surface area contributed by atoms with E-state index >= 15 is 0 Å². The summed E-state index contributed by atoms with van der Waals surface area (Å²) in [7, 11) is 4.82. The van der Waals surface area contributed by atoms with Gasteiger partial charge in [-0.25, -0.2) is 4.79 Å². The monoisotopic (exact) mass is 373 g/mol. The van der Waals surface area contributed by atoms with Crippen LogP contribution in [-0.2, 0) is 4.79 Å². The zero-order valence-electron chi connectivity index (χ0n) is 16.5. The number of carbonyl (C=O) groups excluding carboxylic acids is 2. The highest BCUT2D eigenvalue weighted by Gasteiger charge is 2.43. The quantitative estimate of drug-likeness (QED) is 0.832. The second kappa shape index (κ2) is 7.50. The van der Waals surface area contributed by atoms with E-state index in [-0.39, 0.29) is 11.9 Å². The lowest BCUT2D eigenvalue weighted by Gasteiger charge is -2.31. The zero-order valence-corrected chi connectivity index (χ0v) is 16.5. The molecule has 2 heterocycles. The Labute approximate surface area is 159 Å². The Kier molecular flexibility index (Phi) is 5.30. The molecule has 1 atom stereocenters. The van der Waals surface area contributed by atoms with Crippen molar-refractivity contribution in [3.63, 3.8) is 0 Å². The van der Waals surface area contributed by atoms with Gasteiger partial charge in [0.05, 0.1) is 38.1 Å². The first-order valence-electron chi connectivity index (χ1n) is 9.16. The molecular weight excluding hydrogens is 346 g/mol. The van der Waals surface area contributed by atoms with Gasteiger partial charge in [0.15, 0.2) is 11.5 Å². The minimum atomic E-state index is -0.565. The maximum absolute atomic E-state index is 13.2. The molecule has 3 rings (SSSR count). The number of hydrogen-bond donors (Lipinski definition) is 1. The molecule has 0 bridgehead atoms. The lowest BCUT2D eigenvalue weighted by molar-refractivity contribution is -0.125. The standard InChI is InChI=1S/C20H27N3O4/c1-12(2)9-10-23-11-14-16(19(23)24)17(21-20(25)22(14)3)13-7-6-8-15(26-4)18(13)27-5/h6-8,12,17H,9-11H2,1-5H3,(H,21,25)/t17-/m0/s1. The number of nitrogens with zero attached hydrogens (tertiary/aromatic N) is 2. The Bertz CT molecular complexity index is 787. The first-order chi connectivity index (χ1) is 12.9. The first-order valence-corrected chi connectivity index (χ1v) is 9.16. The smallest absolute Gasteiger partial charge is 0.322 e. The highest BCUT2D eigenvalue weighted by atomic mass is 16.5. The third kappa shape index (κ3) is 3.34. The molecule has 1 N–H and O–H groups in total. The average molecular weight is 373 g/mol. The van der Waals surface area contributed by atoms with E-state index in [1.807, 2.05) is 17.0 Å². The van der Waals surface area contributed by atoms with Crippen LogP contribution in [0.1, 0.15) is 31.9 Å². The molecule has 0 aliphatic carbocycles. The molecule has 7 nitrogen and oxygen atoms in total. The number of rotatable bonds is 6. The number of carbonyl (C=O) groups is 2. The van der Waals surface area contributed by atoms with Gasteiger partial charge in [-0.2, -0.15) is 0 Å². The second-order valence-electron chi connectivity index (χ2n) is 7.29. The van der Waals surface area contributed by atoms with Crippen LogP contribution in [0.2, 0.25) is 0 Å². The number of ether oxygens (including phenoxy) is 2. The zero-order chi connectivity index (χ0) is 19.7. The van der Waals surface area contributed by atoms with Gasteiger partial charge in [-0.05, 0) is 18.4 Å². The van der Waals surface area contributed by atoms with Gasteiger partial charge in [0.2, 0.25) is 0 Å². The second-order valence-corrected chi connectivity index (χ2v) is 7.29. The molecule has 0 aromatic heterocycles. The van der Waals surface area contributed by atoms with E-state index in [9.17, 15) is 9.59 Å². The summed E-state index contributed by atoms with van der Waals surface area (Å²) in [6.07, 6.45) is 0.921. The fourth-order valence-electron chi connectivity index (χ4n) is 3.59. The van der Waals surface area contributed by atoms with Gasteiger partial charge >= 0.3 is 6.03 Å². The van der Waals surface area contributed by atoms with Crippen molar-refractivity contribution in [3.8, 4) is 11.5 Å². The van der Waals surface area contributed by atoms with Crippen molar-refractivity contribution >= 4 is 11.9 Å². The van der Waals surface area contributed by atoms with Crippen LogP contribution in [-0.4, -0.2) is 56.1 Å². The Morgan fingerprint density at radius 3 is 2.59 bits per heavy atom. The third-order valence-electron chi connectivity index (χ3n) is 5.16. The molecule has 1 aromatic rings. The molecule has 27 heavy (non-hydrogen) atoms. The van der Waals surface area contributed by atoms with E-state index in [0.29, 0.717) is 41.6 Å². The number of likely N-dealkylation sites (N-methyl/N-ethyl adjacent to an activating group) is 1. The molecule has 2 aliphatic heterocycles. The van der Waals surface area contributed by atoms with Crippen LogP contribution >= 0.6 is 0 Å². The average Bonchev–Trinajstić information content (AvgIpc) is 2.99. The van der Waals surface area contributed by atoms with E-state index in [1.54, 1.807) is 27.3 Å². The molecule has 0 fully saturated rings. The molecule has 0 saturated carbocycles. The van der Waals surface area contributed by atoms with Gasteiger partial charge in [-0.1, -0.05) is 26.0 Å². The molecular formula is C20H27N3O4. The highest BCUT2D eigenvalue weighted by Crippen LogP contribution is 2.42. The number of benzene rings is 1. The van der Waals surface area contributed by atoms with Crippen LogP contribution in [0.5, 0.6) is 11.5 Å². The fourth-order valence-corrected chi connectivity index (χ4v) is 3.59. The van der Waals surface area contributed by atoms with Crippen molar-refractivity contribution in [2.45, 2.75) is 26.3 Å². The summed E-state index contributed by atoms with van der Waals surface area (Å²) in [4.78, 5) is 29.0. The van der Waals surface area contributed by atoms with Gasteiger partial charge in [-0.3, -0.25) is 9.69 Å². The van der Waals surface area contributed by atoms with Crippen molar-refractivity contribution in [1.82, 2.24) is 15.1 Å². The molecule has 0 saturated heterocycles. The highest BCUT2D eigenvalue weighted by molar-refractivity contribution is 6.01. The maximum Gasteiger partial charge on any atom is 0.322 e. The number of nitrogens with one attached hydrogen (secondary N) is 1. The van der Waals surface area contributed by atoms with Gasteiger partial charge in [0.1, 0.15) is 0 Å². The number of urea groups is 1. The largest absolute Gasteiger partial charge is 0.493 e. The van der Waals surface area contributed by atoms with Crippen molar-refractivity contribution in [2.75, 3.05) is 34.4 Å². The molecule has 0 radical (unpaired) electrons. The summed E-state index contributed by atoms with van der Waals surface area (Å²) in [5, 5.41) is 2.94. The van der Waals surface area contributed by atoms with Gasteiger partial charge in [0, 0.05) is 19.2 Å². The fraction of sp³-hybridized carbons (Fsp3) is 0.500. The Morgan fingerprint density at radius 2 is 1.96 bits per heavy atom. The van der Waals surface area contributed by atoms with Crippen molar-refractivity contribution in [1.29, 1.82) is 0 Å². The van der Waals surface area contributed by atoms with Crippen LogP contribution in [0.15, 0.2) is 29.5 Å². The van der Waals surface area contributed by atoms with E-state index in [4.69, 9.17) is 9.47 Å². The molecule has 3 amide bonds. The van der Waals surface area contributed by atoms with Gasteiger partial charge in [0.25, 0.3) is 5.91 Å². The molecule has 2 aliphatic rings. The summed E-state index contributed by atoms with van der Waals surface area (Å²) < 4.78 is 10.9. The van der Waals surface area contributed by atoms with E-state index in [1.165, 1.54) is 4.90 Å². The normalized spacial score (nSPS) is 19.6. The topological polar surface area (TPSA) is 71.1 Å². The van der Waals surface area contributed by atoms with Crippen LogP contribution < -0.4 is 14.8 Å². The van der Waals surface area contributed by atoms with Crippen molar-refractivity contribution < 1.29 is 19.1 Å².